The SMILES string of the molecule is COc1ccc(-c2noc(CCC(=O)Nc3ccccc3-c3ccccc3)n2)cc1. The molecule has 0 aliphatic carbocycles. The lowest BCUT2D eigenvalue weighted by Gasteiger charge is -2.11. The molecule has 1 aromatic heterocycles. The van der Waals surface area contributed by atoms with E-state index in [0.717, 1.165) is 28.1 Å². The summed E-state index contributed by atoms with van der Waals surface area (Å²) in [4.78, 5) is 16.9. The number of nitrogens with one attached hydrogen (secondary N) is 1. The maximum absolute atomic E-state index is 12.5. The second-order valence-electron chi connectivity index (χ2n) is 6.70. The number of carbonyl (C=O) groups is 1. The van der Waals surface area contributed by atoms with E-state index in [2.05, 4.69) is 15.5 Å². The van der Waals surface area contributed by atoms with Crippen molar-refractivity contribution in [2.45, 2.75) is 12.8 Å². The van der Waals surface area contributed by atoms with Gasteiger partial charge in [-0.15, -0.1) is 0 Å². The number of nitrogens with zero attached hydrogens (tertiary/aromatic N) is 2. The van der Waals surface area contributed by atoms with Crippen LogP contribution in [0.2, 0.25) is 0 Å². The summed E-state index contributed by atoms with van der Waals surface area (Å²) in [6.45, 7) is 0. The minimum absolute atomic E-state index is 0.109. The first-order valence-corrected chi connectivity index (χ1v) is 9.64. The molecule has 6 nitrogen and oxygen atoms in total. The third-order valence-corrected chi connectivity index (χ3v) is 4.67. The normalized spacial score (nSPS) is 10.6. The van der Waals surface area contributed by atoms with Crippen LogP contribution in [-0.4, -0.2) is 23.2 Å². The molecule has 0 saturated carbocycles. The smallest absolute Gasteiger partial charge is 0.227 e. The highest BCUT2D eigenvalue weighted by molar-refractivity contribution is 5.95. The minimum atomic E-state index is -0.109. The Kier molecular flexibility index (Phi) is 5.85. The molecule has 30 heavy (non-hydrogen) atoms. The van der Waals surface area contributed by atoms with Crippen LogP contribution in [0.5, 0.6) is 5.75 Å². The van der Waals surface area contributed by atoms with Gasteiger partial charge in [-0.1, -0.05) is 53.7 Å². The predicted octanol–water partition coefficient (Wildman–Crippen LogP) is 4.98. The van der Waals surface area contributed by atoms with Crippen LogP contribution >= 0.6 is 0 Å². The Hall–Kier alpha value is -3.93. The van der Waals surface area contributed by atoms with Crippen molar-refractivity contribution in [1.29, 1.82) is 0 Å². The minimum Gasteiger partial charge on any atom is -0.497 e. The fourth-order valence-corrected chi connectivity index (χ4v) is 3.11. The molecule has 0 fully saturated rings. The van der Waals surface area contributed by atoms with Gasteiger partial charge in [0, 0.05) is 29.7 Å². The van der Waals surface area contributed by atoms with E-state index >= 15 is 0 Å². The van der Waals surface area contributed by atoms with Gasteiger partial charge in [0.1, 0.15) is 5.75 Å². The number of aryl methyl sites for hydroxylation is 1. The number of carbonyl (C=O) groups excluding carboxylic acids is 1. The molecule has 0 aliphatic heterocycles. The monoisotopic (exact) mass is 399 g/mol. The number of benzene rings is 3. The first-order valence-electron chi connectivity index (χ1n) is 9.64. The average Bonchev–Trinajstić information content (AvgIpc) is 3.28. The van der Waals surface area contributed by atoms with E-state index in [0.29, 0.717) is 18.1 Å². The van der Waals surface area contributed by atoms with E-state index < -0.39 is 0 Å². The maximum Gasteiger partial charge on any atom is 0.227 e. The molecule has 3 aromatic carbocycles. The molecular formula is C24H21N3O3. The number of hydrogen-bond donors (Lipinski definition) is 1. The van der Waals surface area contributed by atoms with Crippen molar-refractivity contribution in [3.8, 4) is 28.3 Å². The van der Waals surface area contributed by atoms with Crippen molar-refractivity contribution in [2.75, 3.05) is 12.4 Å². The Labute approximate surface area is 174 Å². The number of amides is 1. The maximum atomic E-state index is 12.5. The van der Waals surface area contributed by atoms with E-state index in [4.69, 9.17) is 9.26 Å². The molecule has 0 radical (unpaired) electrons. The average molecular weight is 399 g/mol. The molecule has 1 heterocycles. The summed E-state index contributed by atoms with van der Waals surface area (Å²) in [5, 5.41) is 6.99. The lowest BCUT2D eigenvalue weighted by atomic mass is 10.0. The third kappa shape index (κ3) is 4.55. The van der Waals surface area contributed by atoms with E-state index in [1.54, 1.807) is 7.11 Å². The van der Waals surface area contributed by atoms with Gasteiger partial charge in [0.2, 0.25) is 17.6 Å². The van der Waals surface area contributed by atoms with E-state index in [1.165, 1.54) is 0 Å². The summed E-state index contributed by atoms with van der Waals surface area (Å²) in [5.41, 5.74) is 3.63. The Balaban J connectivity index is 1.39. The van der Waals surface area contributed by atoms with Gasteiger partial charge in [-0.2, -0.15) is 4.98 Å². The number of rotatable bonds is 7. The van der Waals surface area contributed by atoms with E-state index in [-0.39, 0.29) is 12.3 Å². The first kappa shape index (κ1) is 19.4. The molecule has 1 N–H and O–H groups in total. The number of hydrogen-bond acceptors (Lipinski definition) is 5. The number of para-hydroxylation sites is 1. The van der Waals surface area contributed by atoms with Gasteiger partial charge >= 0.3 is 0 Å². The Morgan fingerprint density at radius 3 is 2.43 bits per heavy atom. The highest BCUT2D eigenvalue weighted by Gasteiger charge is 2.12. The Bertz CT molecular complexity index is 1120. The zero-order valence-electron chi connectivity index (χ0n) is 16.5. The van der Waals surface area contributed by atoms with Crippen molar-refractivity contribution in [2.24, 2.45) is 0 Å². The van der Waals surface area contributed by atoms with E-state index in [9.17, 15) is 4.79 Å². The van der Waals surface area contributed by atoms with Crippen LogP contribution in [0, 0.1) is 0 Å². The standard InChI is InChI=1S/C24H21N3O3/c1-29-19-13-11-18(12-14-19)24-26-23(30-27-24)16-15-22(28)25-21-10-6-5-9-20(21)17-7-3-2-4-8-17/h2-14H,15-16H2,1H3,(H,25,28). The molecule has 1 amide bonds. The van der Waals surface area contributed by atoms with Crippen LogP contribution < -0.4 is 10.1 Å². The first-order chi connectivity index (χ1) is 14.7. The van der Waals surface area contributed by atoms with Gasteiger partial charge in [0.05, 0.1) is 7.11 Å². The number of aromatic nitrogens is 2. The van der Waals surface area contributed by atoms with Gasteiger partial charge in [0.15, 0.2) is 0 Å². The fraction of sp³-hybridized carbons (Fsp3) is 0.125. The van der Waals surface area contributed by atoms with Crippen LogP contribution in [0.25, 0.3) is 22.5 Å². The van der Waals surface area contributed by atoms with Gasteiger partial charge in [0.25, 0.3) is 0 Å². The van der Waals surface area contributed by atoms with Crippen LogP contribution in [0.1, 0.15) is 12.3 Å². The van der Waals surface area contributed by atoms with Crippen molar-refractivity contribution in [3.63, 3.8) is 0 Å². The quantitative estimate of drug-likeness (QED) is 0.474. The molecule has 0 saturated heterocycles. The molecule has 0 bridgehead atoms. The molecule has 0 aliphatic rings. The van der Waals surface area contributed by atoms with Crippen molar-refractivity contribution in [1.82, 2.24) is 10.1 Å². The van der Waals surface area contributed by atoms with Crippen LogP contribution in [-0.2, 0) is 11.2 Å². The van der Waals surface area contributed by atoms with Gasteiger partial charge in [-0.25, -0.2) is 0 Å². The zero-order chi connectivity index (χ0) is 20.8. The molecule has 6 heteroatoms. The number of ether oxygens (including phenoxy) is 1. The van der Waals surface area contributed by atoms with Gasteiger partial charge < -0.3 is 14.6 Å². The van der Waals surface area contributed by atoms with Crippen LogP contribution in [0.15, 0.2) is 83.4 Å². The fourth-order valence-electron chi connectivity index (χ4n) is 3.11. The second-order valence-corrected chi connectivity index (χ2v) is 6.70. The zero-order valence-corrected chi connectivity index (χ0v) is 16.5. The van der Waals surface area contributed by atoms with Crippen LogP contribution in [0.3, 0.4) is 0 Å². The summed E-state index contributed by atoms with van der Waals surface area (Å²) in [6.07, 6.45) is 0.607. The van der Waals surface area contributed by atoms with Gasteiger partial charge in [-0.3, -0.25) is 4.79 Å². The molecule has 0 atom stereocenters. The highest BCUT2D eigenvalue weighted by Crippen LogP contribution is 2.27. The summed E-state index contributed by atoms with van der Waals surface area (Å²) in [7, 11) is 1.62. The van der Waals surface area contributed by atoms with Gasteiger partial charge in [-0.05, 0) is 35.9 Å². The van der Waals surface area contributed by atoms with Crippen LogP contribution in [0.4, 0.5) is 5.69 Å². The summed E-state index contributed by atoms with van der Waals surface area (Å²) >= 11 is 0. The molecule has 0 unspecified atom stereocenters. The highest BCUT2D eigenvalue weighted by atomic mass is 16.5. The topological polar surface area (TPSA) is 77.2 Å². The number of anilines is 1. The lowest BCUT2D eigenvalue weighted by molar-refractivity contribution is -0.116. The summed E-state index contributed by atoms with van der Waals surface area (Å²) in [5.74, 6) is 1.56. The van der Waals surface area contributed by atoms with Crippen molar-refractivity contribution >= 4 is 11.6 Å². The molecule has 4 aromatic rings. The Morgan fingerprint density at radius 1 is 0.933 bits per heavy atom. The largest absolute Gasteiger partial charge is 0.497 e. The number of methoxy groups -OCH3 is 1. The molecule has 4 rings (SSSR count). The van der Waals surface area contributed by atoms with Crippen molar-refractivity contribution in [3.05, 3.63) is 84.8 Å². The lowest BCUT2D eigenvalue weighted by Crippen LogP contribution is -2.13. The molecule has 0 spiro atoms. The Morgan fingerprint density at radius 2 is 1.67 bits per heavy atom. The van der Waals surface area contributed by atoms with Crippen molar-refractivity contribution < 1.29 is 14.1 Å². The summed E-state index contributed by atoms with van der Waals surface area (Å²) < 4.78 is 10.4. The molecular weight excluding hydrogens is 378 g/mol. The third-order valence-electron chi connectivity index (χ3n) is 4.67. The molecule has 150 valence electrons. The summed E-state index contributed by atoms with van der Waals surface area (Å²) in [6, 6.07) is 25.1. The van der Waals surface area contributed by atoms with E-state index in [1.807, 2.05) is 78.9 Å². The predicted molar refractivity (Wildman–Crippen MR) is 115 cm³/mol. The second kappa shape index (κ2) is 9.05.